The molecule has 0 saturated carbocycles. The second kappa shape index (κ2) is 8.31. The molecule has 1 fully saturated rings. The van der Waals surface area contributed by atoms with E-state index in [2.05, 4.69) is 6.07 Å². The van der Waals surface area contributed by atoms with Crippen molar-refractivity contribution in [2.75, 3.05) is 18.6 Å². The fraction of sp³-hybridized carbons (Fsp3) is 0.421. The van der Waals surface area contributed by atoms with Crippen LogP contribution in [0.2, 0.25) is 0 Å². The highest BCUT2D eigenvalue weighted by molar-refractivity contribution is 7.09. The van der Waals surface area contributed by atoms with E-state index in [4.69, 9.17) is 9.47 Å². The van der Waals surface area contributed by atoms with Gasteiger partial charge >= 0.3 is 0 Å². The Morgan fingerprint density at radius 2 is 2.17 bits per heavy atom. The van der Waals surface area contributed by atoms with E-state index in [1.165, 1.54) is 4.88 Å². The van der Waals surface area contributed by atoms with Crippen LogP contribution in [-0.4, -0.2) is 25.7 Å². The minimum atomic E-state index is 0.143. The molecule has 2 heterocycles. The van der Waals surface area contributed by atoms with Crippen molar-refractivity contribution in [1.82, 2.24) is 0 Å². The number of benzene rings is 1. The lowest BCUT2D eigenvalue weighted by molar-refractivity contribution is -0.119. The van der Waals surface area contributed by atoms with Gasteiger partial charge in [-0.3, -0.25) is 4.79 Å². The van der Waals surface area contributed by atoms with Crippen molar-refractivity contribution < 1.29 is 14.3 Å². The van der Waals surface area contributed by atoms with Gasteiger partial charge in [0, 0.05) is 23.6 Å². The predicted molar refractivity (Wildman–Crippen MR) is 96.7 cm³/mol. The Balaban J connectivity index is 1.71. The highest BCUT2D eigenvalue weighted by atomic mass is 32.1. The van der Waals surface area contributed by atoms with Crippen LogP contribution >= 0.6 is 11.3 Å². The van der Waals surface area contributed by atoms with Crippen LogP contribution in [0.1, 0.15) is 30.6 Å². The van der Waals surface area contributed by atoms with Gasteiger partial charge < -0.3 is 14.4 Å². The topological polar surface area (TPSA) is 38.8 Å². The van der Waals surface area contributed by atoms with Crippen LogP contribution in [0, 0.1) is 0 Å². The largest absolute Gasteiger partial charge is 0.497 e. The number of thiophene rings is 1. The maximum atomic E-state index is 12.8. The van der Waals surface area contributed by atoms with Gasteiger partial charge in [-0.15, -0.1) is 11.3 Å². The summed E-state index contributed by atoms with van der Waals surface area (Å²) in [6.45, 7) is 1.44. The molecule has 4 nitrogen and oxygen atoms in total. The summed E-state index contributed by atoms with van der Waals surface area (Å²) in [6, 6.07) is 11.7. The molecule has 1 unspecified atom stereocenters. The van der Waals surface area contributed by atoms with Gasteiger partial charge in [-0.25, -0.2) is 0 Å². The van der Waals surface area contributed by atoms with Gasteiger partial charge in [0.05, 0.1) is 19.8 Å². The van der Waals surface area contributed by atoms with Crippen LogP contribution in [0.5, 0.6) is 5.75 Å². The molecule has 0 N–H and O–H groups in total. The number of hydrogen-bond donors (Lipinski definition) is 0. The van der Waals surface area contributed by atoms with E-state index >= 15 is 0 Å². The molecule has 5 heteroatoms. The molecular weight excluding hydrogens is 322 g/mol. The van der Waals surface area contributed by atoms with Gasteiger partial charge in [0.15, 0.2) is 0 Å². The highest BCUT2D eigenvalue weighted by Crippen LogP contribution is 2.25. The normalized spacial score (nSPS) is 17.0. The quantitative estimate of drug-likeness (QED) is 0.753. The lowest BCUT2D eigenvalue weighted by Crippen LogP contribution is -2.30. The summed E-state index contributed by atoms with van der Waals surface area (Å²) >= 11 is 1.67. The van der Waals surface area contributed by atoms with Gasteiger partial charge in [0.2, 0.25) is 5.91 Å². The number of methoxy groups -OCH3 is 1. The first-order valence-corrected chi connectivity index (χ1v) is 9.22. The van der Waals surface area contributed by atoms with Crippen molar-refractivity contribution in [3.05, 3.63) is 46.7 Å². The molecule has 0 spiro atoms. The molecule has 1 saturated heterocycles. The summed E-state index contributed by atoms with van der Waals surface area (Å²) in [5.74, 6) is 0.936. The van der Waals surface area contributed by atoms with Gasteiger partial charge in [0.1, 0.15) is 5.75 Å². The molecule has 0 radical (unpaired) electrons. The summed E-state index contributed by atoms with van der Waals surface area (Å²) in [5.41, 5.74) is 0.904. The number of ether oxygens (including phenoxy) is 2. The fourth-order valence-corrected chi connectivity index (χ4v) is 3.63. The average molecular weight is 345 g/mol. The van der Waals surface area contributed by atoms with E-state index in [1.54, 1.807) is 18.4 Å². The van der Waals surface area contributed by atoms with Crippen molar-refractivity contribution in [3.8, 4) is 5.75 Å². The van der Waals surface area contributed by atoms with Crippen molar-refractivity contribution >= 4 is 22.9 Å². The monoisotopic (exact) mass is 345 g/mol. The smallest absolute Gasteiger partial charge is 0.227 e. The van der Waals surface area contributed by atoms with Crippen LogP contribution in [0.3, 0.4) is 0 Å². The van der Waals surface area contributed by atoms with Crippen molar-refractivity contribution in [1.29, 1.82) is 0 Å². The number of anilines is 1. The molecule has 3 rings (SSSR count). The second-order valence-electron chi connectivity index (χ2n) is 5.93. The van der Waals surface area contributed by atoms with Crippen LogP contribution in [0.25, 0.3) is 0 Å². The standard InChI is InChI=1S/C19H23NO3S/c1-22-16-8-6-15(7-9-16)20(14-18-5-3-13-24-18)19(21)11-10-17-4-2-12-23-17/h3,5-9,13,17H,2,4,10-12,14H2,1H3. The Morgan fingerprint density at radius 3 is 2.79 bits per heavy atom. The first kappa shape index (κ1) is 17.0. The van der Waals surface area contributed by atoms with Crippen LogP contribution in [0.4, 0.5) is 5.69 Å². The van der Waals surface area contributed by atoms with E-state index in [-0.39, 0.29) is 12.0 Å². The second-order valence-corrected chi connectivity index (χ2v) is 6.96. The van der Waals surface area contributed by atoms with E-state index in [9.17, 15) is 4.79 Å². The molecule has 1 aliphatic heterocycles. The highest BCUT2D eigenvalue weighted by Gasteiger charge is 2.21. The molecule has 128 valence electrons. The summed E-state index contributed by atoms with van der Waals surface area (Å²) < 4.78 is 10.9. The fourth-order valence-electron chi connectivity index (χ4n) is 2.94. The van der Waals surface area contributed by atoms with Crippen molar-refractivity contribution in [2.45, 2.75) is 38.3 Å². The Kier molecular flexibility index (Phi) is 5.88. The van der Waals surface area contributed by atoms with E-state index in [0.717, 1.165) is 37.3 Å². The van der Waals surface area contributed by atoms with Crippen LogP contribution in [-0.2, 0) is 16.1 Å². The average Bonchev–Trinajstić information content (AvgIpc) is 3.31. The molecule has 1 aromatic heterocycles. The predicted octanol–water partition coefficient (Wildman–Crippen LogP) is 4.25. The first-order chi connectivity index (χ1) is 11.8. The molecule has 1 aliphatic rings. The maximum absolute atomic E-state index is 12.8. The zero-order valence-corrected chi connectivity index (χ0v) is 14.8. The zero-order chi connectivity index (χ0) is 16.8. The SMILES string of the molecule is COc1ccc(N(Cc2cccs2)C(=O)CCC2CCCO2)cc1. The zero-order valence-electron chi connectivity index (χ0n) is 13.9. The summed E-state index contributed by atoms with van der Waals surface area (Å²) in [7, 11) is 1.64. The minimum Gasteiger partial charge on any atom is -0.497 e. The van der Waals surface area contributed by atoms with E-state index < -0.39 is 0 Å². The van der Waals surface area contributed by atoms with Crippen molar-refractivity contribution in [3.63, 3.8) is 0 Å². The molecule has 24 heavy (non-hydrogen) atoms. The van der Waals surface area contributed by atoms with E-state index in [1.807, 2.05) is 40.6 Å². The third kappa shape index (κ3) is 4.36. The number of carbonyl (C=O) groups excluding carboxylic acids is 1. The maximum Gasteiger partial charge on any atom is 0.227 e. The Hall–Kier alpha value is -1.85. The summed E-state index contributed by atoms with van der Waals surface area (Å²) in [4.78, 5) is 15.9. The third-order valence-corrected chi connectivity index (χ3v) is 5.14. The number of hydrogen-bond acceptors (Lipinski definition) is 4. The van der Waals surface area contributed by atoms with Gasteiger partial charge in [-0.05, 0) is 55.0 Å². The van der Waals surface area contributed by atoms with Crippen LogP contribution in [0.15, 0.2) is 41.8 Å². The minimum absolute atomic E-state index is 0.143. The number of rotatable bonds is 7. The van der Waals surface area contributed by atoms with Gasteiger partial charge in [-0.1, -0.05) is 6.07 Å². The summed E-state index contributed by atoms with van der Waals surface area (Å²) in [6.07, 6.45) is 3.74. The van der Waals surface area contributed by atoms with Crippen molar-refractivity contribution in [2.24, 2.45) is 0 Å². The molecule has 1 amide bonds. The summed E-state index contributed by atoms with van der Waals surface area (Å²) in [5, 5.41) is 2.04. The Labute approximate surface area is 147 Å². The first-order valence-electron chi connectivity index (χ1n) is 8.34. The molecule has 0 aliphatic carbocycles. The Morgan fingerprint density at radius 1 is 1.33 bits per heavy atom. The molecule has 1 aromatic carbocycles. The van der Waals surface area contributed by atoms with E-state index in [0.29, 0.717) is 13.0 Å². The molecular formula is C19H23NO3S. The lowest BCUT2D eigenvalue weighted by Gasteiger charge is -2.23. The Bertz CT molecular complexity index is 633. The van der Waals surface area contributed by atoms with Crippen LogP contribution < -0.4 is 9.64 Å². The van der Waals surface area contributed by atoms with Gasteiger partial charge in [0.25, 0.3) is 0 Å². The number of nitrogens with zero attached hydrogens (tertiary/aromatic N) is 1. The number of carbonyl (C=O) groups is 1. The third-order valence-electron chi connectivity index (χ3n) is 4.28. The molecule has 0 bridgehead atoms. The molecule has 1 atom stereocenters. The lowest BCUT2D eigenvalue weighted by atomic mass is 10.1. The van der Waals surface area contributed by atoms with Gasteiger partial charge in [-0.2, -0.15) is 0 Å². The molecule has 2 aromatic rings. The number of amides is 1.